The molecule has 7 nitrogen and oxygen atoms in total. The van der Waals surface area contributed by atoms with Crippen LogP contribution in [0.25, 0.3) is 16.9 Å². The van der Waals surface area contributed by atoms with E-state index in [-0.39, 0.29) is 33.5 Å². The van der Waals surface area contributed by atoms with E-state index in [0.29, 0.717) is 0 Å². The van der Waals surface area contributed by atoms with Gasteiger partial charge in [0, 0.05) is 24.7 Å². The molecule has 192 valence electrons. The van der Waals surface area contributed by atoms with Crippen LogP contribution in [0.4, 0.5) is 23.2 Å². The highest BCUT2D eigenvalue weighted by Gasteiger charge is 2.28. The lowest BCUT2D eigenvalue weighted by atomic mass is 10.1. The Morgan fingerprint density at radius 2 is 1.62 bits per heavy atom. The molecular weight excluding hydrogens is 518 g/mol. The number of ether oxygens (including phenoxy) is 2. The molecule has 3 aromatic carbocycles. The van der Waals surface area contributed by atoms with Crippen molar-refractivity contribution in [2.45, 2.75) is 6.61 Å². The second-order valence-electron chi connectivity index (χ2n) is 7.64. The molecule has 0 unspecified atom stereocenters. The molecule has 12 heteroatoms. The Kier molecular flexibility index (Phi) is 7.25. The van der Waals surface area contributed by atoms with Crippen molar-refractivity contribution in [2.24, 2.45) is 7.05 Å². The highest BCUT2D eigenvalue weighted by Crippen LogP contribution is 2.35. The lowest BCUT2D eigenvalue weighted by molar-refractivity contribution is -0.0498. The van der Waals surface area contributed by atoms with Gasteiger partial charge in [-0.3, -0.25) is 14.3 Å². The summed E-state index contributed by atoms with van der Waals surface area (Å²) >= 11 is 6.27. The zero-order chi connectivity index (χ0) is 26.9. The van der Waals surface area contributed by atoms with E-state index in [9.17, 15) is 18.4 Å². The molecule has 1 amide bonds. The van der Waals surface area contributed by atoms with Crippen molar-refractivity contribution in [1.29, 1.82) is 0 Å². The summed E-state index contributed by atoms with van der Waals surface area (Å²) in [7, 11) is 2.61. The van der Waals surface area contributed by atoms with E-state index in [1.54, 1.807) is 12.1 Å². The second kappa shape index (κ2) is 10.4. The molecule has 0 spiro atoms. The minimum absolute atomic E-state index is 0.0317. The molecule has 0 aliphatic heterocycles. The van der Waals surface area contributed by atoms with E-state index in [0.717, 1.165) is 33.6 Å². The molecule has 4 rings (SSSR count). The lowest BCUT2D eigenvalue weighted by Gasteiger charge is -2.13. The molecule has 0 radical (unpaired) electrons. The van der Waals surface area contributed by atoms with E-state index < -0.39 is 41.0 Å². The normalized spacial score (nSPS) is 11.0. The van der Waals surface area contributed by atoms with Gasteiger partial charge in [0.2, 0.25) is 0 Å². The number of halogens is 5. The predicted molar refractivity (Wildman–Crippen MR) is 129 cm³/mol. The average molecular weight is 536 g/mol. The maximum absolute atomic E-state index is 15.1. The summed E-state index contributed by atoms with van der Waals surface area (Å²) < 4.78 is 66.4. The first-order chi connectivity index (χ1) is 17.6. The SMILES string of the molecule is COc1cc(F)c(-c2c(NC(=O)c3ccc(OC(F)F)cc3)c(=O)n(-c3ccccc3Cl)n2C)c(F)c1. The number of benzene rings is 3. The molecule has 0 aliphatic carbocycles. The molecule has 1 heterocycles. The van der Waals surface area contributed by atoms with E-state index in [1.165, 1.54) is 38.4 Å². The average Bonchev–Trinajstić information content (AvgIpc) is 3.08. The number of aromatic nitrogens is 2. The Labute approximate surface area is 212 Å². The van der Waals surface area contributed by atoms with Crippen LogP contribution in [-0.2, 0) is 7.05 Å². The third-order valence-corrected chi connectivity index (χ3v) is 5.74. The fraction of sp³-hybridized carbons (Fsp3) is 0.120. The molecule has 4 aromatic rings. The zero-order valence-electron chi connectivity index (χ0n) is 19.3. The number of alkyl halides is 2. The van der Waals surface area contributed by atoms with Gasteiger partial charge in [-0.1, -0.05) is 23.7 Å². The molecule has 0 fully saturated rings. The van der Waals surface area contributed by atoms with Crippen LogP contribution >= 0.6 is 11.6 Å². The Morgan fingerprint density at radius 3 is 2.19 bits per heavy atom. The lowest BCUT2D eigenvalue weighted by Crippen LogP contribution is -2.23. The van der Waals surface area contributed by atoms with Gasteiger partial charge in [-0.2, -0.15) is 8.78 Å². The van der Waals surface area contributed by atoms with Crippen molar-refractivity contribution >= 4 is 23.2 Å². The molecule has 0 bridgehead atoms. The van der Waals surface area contributed by atoms with Gasteiger partial charge in [-0.25, -0.2) is 13.5 Å². The molecule has 0 atom stereocenters. The van der Waals surface area contributed by atoms with Crippen LogP contribution in [0.2, 0.25) is 5.02 Å². The number of hydrogen-bond donors (Lipinski definition) is 1. The fourth-order valence-corrected chi connectivity index (χ4v) is 3.98. The summed E-state index contributed by atoms with van der Waals surface area (Å²) in [6.45, 7) is -3.05. The van der Waals surface area contributed by atoms with Crippen molar-refractivity contribution in [1.82, 2.24) is 9.36 Å². The van der Waals surface area contributed by atoms with Crippen LogP contribution in [-0.4, -0.2) is 29.0 Å². The van der Waals surface area contributed by atoms with Gasteiger partial charge in [-0.05, 0) is 36.4 Å². The van der Waals surface area contributed by atoms with E-state index in [1.807, 2.05) is 0 Å². The zero-order valence-corrected chi connectivity index (χ0v) is 20.0. The molecule has 0 aliphatic rings. The van der Waals surface area contributed by atoms with Gasteiger partial charge < -0.3 is 14.8 Å². The van der Waals surface area contributed by atoms with Gasteiger partial charge in [0.25, 0.3) is 11.5 Å². The Bertz CT molecular complexity index is 1510. The van der Waals surface area contributed by atoms with Gasteiger partial charge in [0.05, 0.1) is 23.4 Å². The fourth-order valence-electron chi connectivity index (χ4n) is 3.77. The number of para-hydroxylation sites is 1. The third-order valence-electron chi connectivity index (χ3n) is 5.42. The smallest absolute Gasteiger partial charge is 0.387 e. The van der Waals surface area contributed by atoms with Crippen molar-refractivity contribution in [3.63, 3.8) is 0 Å². The van der Waals surface area contributed by atoms with E-state index >= 15 is 8.78 Å². The molecule has 0 saturated carbocycles. The van der Waals surface area contributed by atoms with Gasteiger partial charge in [-0.15, -0.1) is 0 Å². The van der Waals surface area contributed by atoms with Crippen molar-refractivity contribution in [2.75, 3.05) is 12.4 Å². The number of rotatable bonds is 7. The summed E-state index contributed by atoms with van der Waals surface area (Å²) in [4.78, 5) is 26.5. The number of methoxy groups -OCH3 is 1. The van der Waals surface area contributed by atoms with Gasteiger partial charge >= 0.3 is 6.61 Å². The predicted octanol–water partition coefficient (Wildman–Crippen LogP) is 5.64. The molecular formula is C25H18ClF4N3O4. The molecule has 1 N–H and O–H groups in total. The Hall–Kier alpha value is -4.25. The summed E-state index contributed by atoms with van der Waals surface area (Å²) in [5.74, 6) is -3.21. The largest absolute Gasteiger partial charge is 0.497 e. The van der Waals surface area contributed by atoms with Crippen molar-refractivity contribution in [3.05, 3.63) is 93.2 Å². The maximum Gasteiger partial charge on any atom is 0.387 e. The summed E-state index contributed by atoms with van der Waals surface area (Å²) in [6, 6.07) is 12.8. The number of hydrogen-bond acceptors (Lipinski definition) is 4. The summed E-state index contributed by atoms with van der Waals surface area (Å²) in [5, 5.41) is 2.56. The first kappa shape index (κ1) is 25.8. The Morgan fingerprint density at radius 1 is 1.00 bits per heavy atom. The number of amides is 1. The van der Waals surface area contributed by atoms with Crippen LogP contribution in [0, 0.1) is 11.6 Å². The Balaban J connectivity index is 1.88. The molecule has 37 heavy (non-hydrogen) atoms. The first-order valence-corrected chi connectivity index (χ1v) is 11.0. The number of anilines is 1. The standard InChI is InChI=1S/C25H18ClF4N3O4/c1-32-22(20-17(27)11-15(36-2)12-18(20)28)21(24(35)33(32)19-6-4-3-5-16(19)26)31-23(34)13-7-9-14(10-8-13)37-25(29)30/h3-12,25H,1-2H3,(H,31,34). The van der Waals surface area contributed by atoms with E-state index in [4.69, 9.17) is 16.3 Å². The van der Waals surface area contributed by atoms with Crippen molar-refractivity contribution < 1.29 is 31.8 Å². The van der Waals surface area contributed by atoms with Crippen LogP contribution in [0.15, 0.2) is 65.5 Å². The van der Waals surface area contributed by atoms with Gasteiger partial charge in [0.1, 0.15) is 34.5 Å². The van der Waals surface area contributed by atoms with Crippen molar-refractivity contribution in [3.8, 4) is 28.4 Å². The highest BCUT2D eigenvalue weighted by atomic mass is 35.5. The maximum atomic E-state index is 15.1. The van der Waals surface area contributed by atoms with Crippen LogP contribution in [0.1, 0.15) is 10.4 Å². The molecule has 1 aromatic heterocycles. The van der Waals surface area contributed by atoms with Crippen LogP contribution in [0.3, 0.4) is 0 Å². The topological polar surface area (TPSA) is 74.5 Å². The summed E-state index contributed by atoms with van der Waals surface area (Å²) in [6.07, 6.45) is 0. The second-order valence-corrected chi connectivity index (χ2v) is 8.05. The number of carbonyl (C=O) groups is 1. The van der Waals surface area contributed by atoms with Gasteiger partial charge in [0.15, 0.2) is 0 Å². The molecule has 0 saturated heterocycles. The minimum Gasteiger partial charge on any atom is -0.497 e. The summed E-state index contributed by atoms with van der Waals surface area (Å²) in [5.41, 5.74) is -1.98. The van der Waals surface area contributed by atoms with E-state index in [2.05, 4.69) is 10.1 Å². The number of nitrogens with zero attached hydrogens (tertiary/aromatic N) is 2. The number of nitrogens with one attached hydrogen (secondary N) is 1. The monoisotopic (exact) mass is 535 g/mol. The number of carbonyl (C=O) groups excluding carboxylic acids is 1. The quantitative estimate of drug-likeness (QED) is 0.311. The minimum atomic E-state index is -3.05. The van der Waals surface area contributed by atoms with Crippen LogP contribution in [0.5, 0.6) is 11.5 Å². The third kappa shape index (κ3) is 5.03. The highest BCUT2D eigenvalue weighted by molar-refractivity contribution is 6.32. The van der Waals surface area contributed by atoms with Crippen LogP contribution < -0.4 is 20.3 Å². The first-order valence-electron chi connectivity index (χ1n) is 10.6.